The van der Waals surface area contributed by atoms with Gasteiger partial charge in [-0.25, -0.2) is 14.4 Å². The SMILES string of the molecule is Cc1cc(CNc2nccc(C(F)(F)F)n2)ccc1F. The minimum atomic E-state index is -4.51. The molecule has 0 aliphatic heterocycles. The summed E-state index contributed by atoms with van der Waals surface area (Å²) in [5.41, 5.74) is 0.185. The van der Waals surface area contributed by atoms with Gasteiger partial charge >= 0.3 is 6.18 Å². The Bertz CT molecular complexity index is 611. The number of alkyl halides is 3. The summed E-state index contributed by atoms with van der Waals surface area (Å²) in [5, 5.41) is 2.68. The van der Waals surface area contributed by atoms with Crippen molar-refractivity contribution in [2.45, 2.75) is 19.6 Å². The zero-order valence-corrected chi connectivity index (χ0v) is 10.5. The number of hydrogen-bond donors (Lipinski definition) is 1. The molecule has 0 saturated heterocycles. The van der Waals surface area contributed by atoms with E-state index in [0.29, 0.717) is 5.56 Å². The van der Waals surface area contributed by atoms with Crippen molar-refractivity contribution in [2.75, 3.05) is 5.32 Å². The summed E-state index contributed by atoms with van der Waals surface area (Å²) in [5.74, 6) is -0.453. The van der Waals surface area contributed by atoms with Crippen LogP contribution in [0.1, 0.15) is 16.8 Å². The van der Waals surface area contributed by atoms with Crippen LogP contribution in [-0.4, -0.2) is 9.97 Å². The molecule has 2 rings (SSSR count). The summed E-state index contributed by atoms with van der Waals surface area (Å²) in [6, 6.07) is 5.26. The van der Waals surface area contributed by atoms with Gasteiger partial charge in [0.25, 0.3) is 0 Å². The second-order valence-electron chi connectivity index (χ2n) is 4.20. The van der Waals surface area contributed by atoms with Crippen molar-refractivity contribution >= 4 is 5.95 Å². The summed E-state index contributed by atoms with van der Waals surface area (Å²) < 4.78 is 50.5. The van der Waals surface area contributed by atoms with E-state index in [1.807, 2.05) is 0 Å². The van der Waals surface area contributed by atoms with Crippen molar-refractivity contribution in [2.24, 2.45) is 0 Å². The van der Waals surface area contributed by atoms with E-state index >= 15 is 0 Å². The van der Waals surface area contributed by atoms with Gasteiger partial charge in [-0.15, -0.1) is 0 Å². The molecule has 1 heterocycles. The first kappa shape index (κ1) is 14.2. The number of aromatic nitrogens is 2. The molecule has 20 heavy (non-hydrogen) atoms. The van der Waals surface area contributed by atoms with Crippen molar-refractivity contribution in [1.82, 2.24) is 9.97 Å². The standard InChI is InChI=1S/C13H11F4N3/c1-8-6-9(2-3-10(8)14)7-19-12-18-5-4-11(20-12)13(15,16)17/h2-6H,7H2,1H3,(H,18,19,20). The second kappa shape index (κ2) is 5.44. The first-order chi connectivity index (χ1) is 9.36. The van der Waals surface area contributed by atoms with Gasteiger partial charge in [-0.1, -0.05) is 12.1 Å². The van der Waals surface area contributed by atoms with Crippen LogP contribution in [0.4, 0.5) is 23.5 Å². The quantitative estimate of drug-likeness (QED) is 0.876. The molecule has 1 aromatic heterocycles. The van der Waals surface area contributed by atoms with Crippen LogP contribution in [-0.2, 0) is 12.7 Å². The molecule has 0 saturated carbocycles. The van der Waals surface area contributed by atoms with Crippen molar-refractivity contribution < 1.29 is 17.6 Å². The highest BCUT2D eigenvalue weighted by atomic mass is 19.4. The predicted octanol–water partition coefficient (Wildman–Crippen LogP) is 3.56. The molecule has 0 fully saturated rings. The minimum Gasteiger partial charge on any atom is -0.350 e. The lowest BCUT2D eigenvalue weighted by atomic mass is 10.1. The molecule has 0 atom stereocenters. The Hall–Kier alpha value is -2.18. The molecule has 2 aromatic rings. The molecule has 0 amide bonds. The first-order valence-electron chi connectivity index (χ1n) is 5.75. The fourth-order valence-electron chi connectivity index (χ4n) is 1.60. The van der Waals surface area contributed by atoms with E-state index in [1.54, 1.807) is 19.1 Å². The maximum atomic E-state index is 13.1. The third kappa shape index (κ3) is 3.43. The Morgan fingerprint density at radius 1 is 1.20 bits per heavy atom. The first-order valence-corrected chi connectivity index (χ1v) is 5.75. The molecule has 0 spiro atoms. The fourth-order valence-corrected chi connectivity index (χ4v) is 1.60. The molecule has 1 aromatic carbocycles. The Kier molecular flexibility index (Phi) is 3.87. The van der Waals surface area contributed by atoms with Crippen LogP contribution in [0, 0.1) is 12.7 Å². The van der Waals surface area contributed by atoms with Gasteiger partial charge in [-0.05, 0) is 30.2 Å². The van der Waals surface area contributed by atoms with Gasteiger partial charge < -0.3 is 5.32 Å². The van der Waals surface area contributed by atoms with Gasteiger partial charge in [-0.3, -0.25) is 0 Å². The molecular weight excluding hydrogens is 274 g/mol. The van der Waals surface area contributed by atoms with Gasteiger partial charge in [0.2, 0.25) is 5.95 Å². The maximum Gasteiger partial charge on any atom is 0.433 e. The molecule has 1 N–H and O–H groups in total. The lowest BCUT2D eigenvalue weighted by Crippen LogP contribution is -2.11. The van der Waals surface area contributed by atoms with Gasteiger partial charge in [-0.2, -0.15) is 13.2 Å². The highest BCUT2D eigenvalue weighted by Crippen LogP contribution is 2.27. The highest BCUT2D eigenvalue weighted by molar-refractivity contribution is 5.31. The Labute approximate surface area is 112 Å². The van der Waals surface area contributed by atoms with Crippen molar-refractivity contribution in [3.63, 3.8) is 0 Å². The van der Waals surface area contributed by atoms with E-state index in [-0.39, 0.29) is 18.3 Å². The molecule has 7 heteroatoms. The van der Waals surface area contributed by atoms with E-state index in [9.17, 15) is 17.6 Å². The lowest BCUT2D eigenvalue weighted by Gasteiger charge is -2.09. The number of anilines is 1. The molecule has 0 aliphatic carbocycles. The zero-order chi connectivity index (χ0) is 14.8. The van der Waals surface area contributed by atoms with Crippen LogP contribution < -0.4 is 5.32 Å². The summed E-state index contributed by atoms with van der Waals surface area (Å²) in [4.78, 5) is 7.09. The monoisotopic (exact) mass is 285 g/mol. The molecule has 0 unspecified atom stereocenters. The highest BCUT2D eigenvalue weighted by Gasteiger charge is 2.32. The van der Waals surface area contributed by atoms with E-state index in [0.717, 1.165) is 17.8 Å². The largest absolute Gasteiger partial charge is 0.433 e. The molecule has 3 nitrogen and oxygen atoms in total. The molecule has 0 bridgehead atoms. The Balaban J connectivity index is 2.09. The van der Waals surface area contributed by atoms with Crippen molar-refractivity contribution in [3.8, 4) is 0 Å². The number of nitrogens with zero attached hydrogens (tertiary/aromatic N) is 2. The van der Waals surface area contributed by atoms with Gasteiger partial charge in [0.1, 0.15) is 11.5 Å². The number of rotatable bonds is 3. The number of hydrogen-bond acceptors (Lipinski definition) is 3. The predicted molar refractivity (Wildman–Crippen MR) is 65.5 cm³/mol. The number of aryl methyl sites for hydroxylation is 1. The zero-order valence-electron chi connectivity index (χ0n) is 10.5. The Morgan fingerprint density at radius 3 is 2.60 bits per heavy atom. The van der Waals surface area contributed by atoms with Crippen LogP contribution in [0.2, 0.25) is 0 Å². The summed E-state index contributed by atoms with van der Waals surface area (Å²) >= 11 is 0. The smallest absolute Gasteiger partial charge is 0.350 e. The van der Waals surface area contributed by atoms with Gasteiger partial charge in [0.05, 0.1) is 0 Å². The van der Waals surface area contributed by atoms with Crippen molar-refractivity contribution in [3.05, 3.63) is 53.1 Å². The van der Waals surface area contributed by atoms with E-state index in [2.05, 4.69) is 15.3 Å². The number of nitrogens with one attached hydrogen (secondary N) is 1. The molecule has 0 radical (unpaired) electrons. The summed E-state index contributed by atoms with van der Waals surface area (Å²) in [6.45, 7) is 1.82. The van der Waals surface area contributed by atoms with Crippen molar-refractivity contribution in [1.29, 1.82) is 0 Å². The summed E-state index contributed by atoms with van der Waals surface area (Å²) in [6.07, 6.45) is -3.47. The van der Waals surface area contributed by atoms with Crippen LogP contribution in [0.3, 0.4) is 0 Å². The maximum absolute atomic E-state index is 13.1. The van der Waals surface area contributed by atoms with E-state index in [4.69, 9.17) is 0 Å². The molecular formula is C13H11F4N3. The molecule has 106 valence electrons. The van der Waals surface area contributed by atoms with Crippen LogP contribution in [0.15, 0.2) is 30.5 Å². The molecule has 0 aliphatic rings. The number of halogens is 4. The Morgan fingerprint density at radius 2 is 1.95 bits per heavy atom. The van der Waals surface area contributed by atoms with E-state index < -0.39 is 11.9 Å². The second-order valence-corrected chi connectivity index (χ2v) is 4.20. The minimum absolute atomic E-state index is 0.123. The third-order valence-corrected chi connectivity index (χ3v) is 2.62. The third-order valence-electron chi connectivity index (χ3n) is 2.62. The lowest BCUT2D eigenvalue weighted by molar-refractivity contribution is -0.141. The average Bonchev–Trinajstić information content (AvgIpc) is 2.39. The van der Waals surface area contributed by atoms with Gasteiger partial charge in [0, 0.05) is 12.7 Å². The number of benzene rings is 1. The van der Waals surface area contributed by atoms with Crippen LogP contribution in [0.25, 0.3) is 0 Å². The topological polar surface area (TPSA) is 37.8 Å². The van der Waals surface area contributed by atoms with Crippen LogP contribution >= 0.6 is 0 Å². The summed E-state index contributed by atoms with van der Waals surface area (Å²) in [7, 11) is 0. The fraction of sp³-hybridized carbons (Fsp3) is 0.231. The average molecular weight is 285 g/mol. The van der Waals surface area contributed by atoms with Gasteiger partial charge in [0.15, 0.2) is 0 Å². The normalized spacial score (nSPS) is 11.4. The van der Waals surface area contributed by atoms with E-state index in [1.165, 1.54) is 6.07 Å². The van der Waals surface area contributed by atoms with Crippen LogP contribution in [0.5, 0.6) is 0 Å².